The average molecular weight is 647 g/mol. The summed E-state index contributed by atoms with van der Waals surface area (Å²) in [6.07, 6.45) is 16.5. The summed E-state index contributed by atoms with van der Waals surface area (Å²) in [5.41, 5.74) is 4.72. The van der Waals surface area contributed by atoms with Crippen molar-refractivity contribution in [1.82, 2.24) is 15.2 Å². The van der Waals surface area contributed by atoms with Crippen LogP contribution in [0.1, 0.15) is 56.6 Å². The van der Waals surface area contributed by atoms with Gasteiger partial charge in [-0.25, -0.2) is 0 Å². The topological polar surface area (TPSA) is 108 Å². The minimum atomic E-state index is -0.605. The minimum Gasteiger partial charge on any atom is -0.455 e. The number of carbonyl (C=O) groups is 1. The summed E-state index contributed by atoms with van der Waals surface area (Å²) in [6.45, 7) is 9.20. The highest BCUT2D eigenvalue weighted by molar-refractivity contribution is 5.90. The summed E-state index contributed by atoms with van der Waals surface area (Å²) in [7, 11) is 1.70. The van der Waals surface area contributed by atoms with Crippen LogP contribution in [-0.2, 0) is 17.6 Å². The van der Waals surface area contributed by atoms with Crippen LogP contribution < -0.4 is 15.4 Å². The van der Waals surface area contributed by atoms with E-state index < -0.39 is 5.41 Å². The first kappa shape index (κ1) is 33.3. The summed E-state index contributed by atoms with van der Waals surface area (Å²) in [5, 5.41) is 10.6. The molecular weight excluding hydrogens is 600 g/mol. The van der Waals surface area contributed by atoms with Gasteiger partial charge >= 0.3 is 0 Å². The number of hydrogen-bond donors (Lipinski definition) is 2. The highest BCUT2D eigenvalue weighted by Gasteiger charge is 2.56. The highest BCUT2D eigenvalue weighted by Crippen LogP contribution is 2.54. The van der Waals surface area contributed by atoms with Crippen LogP contribution in [0, 0.1) is 15.7 Å². The summed E-state index contributed by atoms with van der Waals surface area (Å²) < 4.78 is 6.34. The van der Waals surface area contributed by atoms with E-state index in [-0.39, 0.29) is 17.4 Å². The van der Waals surface area contributed by atoms with Gasteiger partial charge in [-0.2, -0.15) is 4.91 Å². The van der Waals surface area contributed by atoms with Gasteiger partial charge in [-0.1, -0.05) is 36.9 Å². The van der Waals surface area contributed by atoms with Gasteiger partial charge in [0.1, 0.15) is 17.6 Å². The van der Waals surface area contributed by atoms with Gasteiger partial charge in [-0.05, 0) is 112 Å². The zero-order valence-electron chi connectivity index (χ0n) is 28.1. The molecule has 48 heavy (non-hydrogen) atoms. The maximum absolute atomic E-state index is 13.1. The quantitative estimate of drug-likeness (QED) is 0.0554. The Hall–Kier alpha value is -4.63. The van der Waals surface area contributed by atoms with E-state index in [1.54, 1.807) is 37.8 Å². The molecule has 3 fully saturated rings. The van der Waals surface area contributed by atoms with Gasteiger partial charge in [0.15, 0.2) is 0 Å². The number of ether oxygens (including phenoxy) is 1. The number of unbranched alkanes of at least 4 members (excludes halogenated alkanes) is 1. The molecule has 3 aromatic rings. The van der Waals surface area contributed by atoms with Gasteiger partial charge < -0.3 is 20.3 Å². The second-order valence-electron chi connectivity index (χ2n) is 13.4. The Morgan fingerprint density at radius 1 is 1.12 bits per heavy atom. The number of aromatic nitrogens is 1. The van der Waals surface area contributed by atoms with Gasteiger partial charge in [-0.3, -0.25) is 14.8 Å². The first-order valence-corrected chi connectivity index (χ1v) is 17.1. The number of benzene rings is 2. The number of allylic oxidation sites excluding steroid dienone is 3. The molecule has 1 aliphatic heterocycles. The molecule has 0 bridgehead atoms. The summed E-state index contributed by atoms with van der Waals surface area (Å²) >= 11 is 0. The van der Waals surface area contributed by atoms with E-state index >= 15 is 0 Å². The molecule has 1 saturated heterocycles. The van der Waals surface area contributed by atoms with Crippen molar-refractivity contribution < 1.29 is 9.53 Å². The van der Waals surface area contributed by atoms with Crippen molar-refractivity contribution in [3.63, 3.8) is 0 Å². The molecule has 2 heterocycles. The number of likely N-dealkylation sites (tertiary alicyclic amines) is 1. The first-order chi connectivity index (χ1) is 23.4. The third-order valence-electron chi connectivity index (χ3n) is 10.2. The Labute approximate surface area is 283 Å². The van der Waals surface area contributed by atoms with Crippen molar-refractivity contribution in [1.29, 1.82) is 0 Å². The van der Waals surface area contributed by atoms with Crippen molar-refractivity contribution >= 4 is 28.7 Å². The van der Waals surface area contributed by atoms with Crippen molar-refractivity contribution in [2.75, 3.05) is 32.0 Å². The largest absolute Gasteiger partial charge is 0.455 e. The molecule has 1 spiro atoms. The van der Waals surface area contributed by atoms with Crippen molar-refractivity contribution in [3.8, 4) is 5.75 Å². The van der Waals surface area contributed by atoms with Crippen LogP contribution in [0.4, 0.5) is 5.69 Å². The fraction of sp³-hybridized carbons (Fsp3) is 0.410. The smallest absolute Gasteiger partial charge is 0.236 e. The normalized spacial score (nSPS) is 19.6. The van der Waals surface area contributed by atoms with Crippen LogP contribution in [0.5, 0.6) is 5.75 Å². The molecule has 2 aliphatic carbocycles. The van der Waals surface area contributed by atoms with Crippen LogP contribution in [-0.4, -0.2) is 54.7 Å². The molecule has 1 atom stereocenters. The Morgan fingerprint density at radius 2 is 1.94 bits per heavy atom. The van der Waals surface area contributed by atoms with Gasteiger partial charge in [0.2, 0.25) is 5.91 Å². The van der Waals surface area contributed by atoms with E-state index in [4.69, 9.17) is 4.74 Å². The number of hydrogen-bond acceptors (Lipinski definition) is 8. The molecule has 3 aliphatic rings. The third-order valence-corrected chi connectivity index (χ3v) is 10.2. The third kappa shape index (κ3) is 7.41. The first-order valence-electron chi connectivity index (χ1n) is 17.1. The molecule has 250 valence electrons. The molecule has 1 amide bonds. The Morgan fingerprint density at radius 3 is 2.62 bits per heavy atom. The van der Waals surface area contributed by atoms with Crippen LogP contribution in [0.25, 0.3) is 10.9 Å². The molecule has 0 radical (unpaired) electrons. The zero-order chi connectivity index (χ0) is 33.6. The predicted octanol–water partition coefficient (Wildman–Crippen LogP) is 7.35. The van der Waals surface area contributed by atoms with Crippen LogP contribution in [0.2, 0.25) is 0 Å². The molecule has 6 rings (SSSR count). The standard InChI is InChI=1S/C39H46N6O3/c1-4-29-23-33-34(24-30(29)11-8-9-22-45-26-36(44-47)38(27-45)16-17-38)41-21-15-35(33)48-32(25-40-3)14-10-20-42-37(46)39(18-19-39)28(2)43-31-12-6-5-7-13-31/h5-7,10,12-15,20-21,23-25,36,43H,2,4,8-9,11,16-19,22,26-27H2,1,3H3,(H,42,46)/b20-10+,32-14+,40-25-. The number of amides is 1. The van der Waals surface area contributed by atoms with Gasteiger partial charge in [0.05, 0.1) is 17.1 Å². The summed E-state index contributed by atoms with van der Waals surface area (Å²) in [6, 6.07) is 16.0. The number of fused-ring (bicyclic) bond motifs is 1. The van der Waals surface area contributed by atoms with E-state index in [1.807, 2.05) is 36.4 Å². The number of rotatable bonds is 16. The van der Waals surface area contributed by atoms with E-state index in [2.05, 4.69) is 56.3 Å². The number of anilines is 1. The van der Waals surface area contributed by atoms with Crippen molar-refractivity contribution in [3.05, 3.63) is 107 Å². The number of nitrogens with one attached hydrogen (secondary N) is 2. The Kier molecular flexibility index (Phi) is 10.2. The average Bonchev–Trinajstić information content (AvgIpc) is 4.03. The molecule has 9 heteroatoms. The summed E-state index contributed by atoms with van der Waals surface area (Å²) in [4.78, 5) is 35.6. The van der Waals surface area contributed by atoms with Gasteiger partial charge in [-0.15, -0.1) is 0 Å². The van der Waals surface area contributed by atoms with E-state index in [0.717, 1.165) is 87.6 Å². The molecule has 2 N–H and O–H groups in total. The SMILES string of the molecule is C=C(Nc1ccccc1)C1(C(=O)N/C=C/C=C(\C=N/C)Oc2ccnc3cc(CCCCN4CC(N=O)C5(CC5)C4)c(CC)cc23)CC1. The second-order valence-corrected chi connectivity index (χ2v) is 13.4. The Bertz CT molecular complexity index is 1740. The monoisotopic (exact) mass is 646 g/mol. The molecule has 1 aromatic heterocycles. The maximum Gasteiger partial charge on any atom is 0.236 e. The van der Waals surface area contributed by atoms with Crippen LogP contribution in [0.15, 0.2) is 101 Å². The maximum atomic E-state index is 13.1. The fourth-order valence-electron chi connectivity index (χ4n) is 6.95. The molecule has 2 saturated carbocycles. The number of aliphatic imine (C=N–C) groups is 1. The number of nitroso groups, excluding NO2 is 1. The van der Waals surface area contributed by atoms with E-state index in [1.165, 1.54) is 11.1 Å². The lowest BCUT2D eigenvalue weighted by molar-refractivity contribution is -0.124. The number of carbonyl (C=O) groups excluding carboxylic acids is 1. The van der Waals surface area contributed by atoms with Crippen LogP contribution >= 0.6 is 0 Å². The summed E-state index contributed by atoms with van der Waals surface area (Å²) in [5.74, 6) is 1.16. The lowest BCUT2D eigenvalue weighted by atomic mass is 9.97. The number of para-hydroxylation sites is 1. The highest BCUT2D eigenvalue weighted by atomic mass is 16.5. The number of aryl methyl sites for hydroxylation is 2. The fourth-order valence-corrected chi connectivity index (χ4v) is 6.95. The Balaban J connectivity index is 1.06. The van der Waals surface area contributed by atoms with Crippen molar-refractivity contribution in [2.45, 2.75) is 64.3 Å². The van der Waals surface area contributed by atoms with Gasteiger partial charge in [0, 0.05) is 54.7 Å². The van der Waals surface area contributed by atoms with E-state index in [9.17, 15) is 9.70 Å². The predicted molar refractivity (Wildman–Crippen MR) is 193 cm³/mol. The molecule has 1 unspecified atom stereocenters. The molecular formula is C39H46N6O3. The molecule has 2 aromatic carbocycles. The zero-order valence-corrected chi connectivity index (χ0v) is 28.1. The number of nitrogens with zero attached hydrogens (tertiary/aromatic N) is 4. The van der Waals surface area contributed by atoms with Crippen LogP contribution in [0.3, 0.4) is 0 Å². The second kappa shape index (κ2) is 14.6. The van der Waals surface area contributed by atoms with Gasteiger partial charge in [0.25, 0.3) is 0 Å². The minimum absolute atomic E-state index is 0.0168. The van der Waals surface area contributed by atoms with E-state index in [0.29, 0.717) is 17.2 Å². The lowest BCUT2D eigenvalue weighted by Gasteiger charge is -2.18. The molecule has 9 nitrogen and oxygen atoms in total. The lowest BCUT2D eigenvalue weighted by Crippen LogP contribution is -2.31. The van der Waals surface area contributed by atoms with Crippen molar-refractivity contribution in [2.24, 2.45) is 21.0 Å². The number of pyridine rings is 1.